The summed E-state index contributed by atoms with van der Waals surface area (Å²) >= 11 is 0. The first-order valence-corrected chi connectivity index (χ1v) is 5.12. The fourth-order valence-corrected chi connectivity index (χ4v) is 2.37. The molecule has 0 saturated carbocycles. The summed E-state index contributed by atoms with van der Waals surface area (Å²) in [5.41, 5.74) is 6.48. The molecule has 0 spiro atoms. The molecule has 16 heavy (non-hydrogen) atoms. The van der Waals surface area contributed by atoms with Crippen LogP contribution >= 0.6 is 0 Å². The van der Waals surface area contributed by atoms with Gasteiger partial charge in [0.05, 0.1) is 11.8 Å². The van der Waals surface area contributed by atoms with Crippen molar-refractivity contribution in [2.75, 3.05) is 0 Å². The van der Waals surface area contributed by atoms with E-state index in [0.29, 0.717) is 12.8 Å². The fourth-order valence-electron chi connectivity index (χ4n) is 2.37. The predicted octanol–water partition coefficient (Wildman–Crippen LogP) is 0.732. The van der Waals surface area contributed by atoms with Gasteiger partial charge in [-0.2, -0.15) is 0 Å². The van der Waals surface area contributed by atoms with E-state index in [1.807, 2.05) is 24.3 Å². The first-order valence-electron chi connectivity index (χ1n) is 5.12. The van der Waals surface area contributed by atoms with Crippen LogP contribution in [0.15, 0.2) is 24.3 Å². The molecule has 0 atom stereocenters. The van der Waals surface area contributed by atoms with Crippen LogP contribution in [0.4, 0.5) is 0 Å². The highest BCUT2D eigenvalue weighted by molar-refractivity contribution is 5.87. The number of aliphatic carboxylic acids is 1. The summed E-state index contributed by atoms with van der Waals surface area (Å²) < 4.78 is 0. The number of fused-ring (bicyclic) bond motifs is 1. The zero-order chi connectivity index (χ0) is 11.8. The van der Waals surface area contributed by atoms with Crippen LogP contribution in [0.1, 0.15) is 17.5 Å². The van der Waals surface area contributed by atoms with Crippen LogP contribution in [-0.4, -0.2) is 17.0 Å². The molecule has 0 saturated heterocycles. The Morgan fingerprint density at radius 3 is 2.12 bits per heavy atom. The number of carbonyl (C=O) groups is 2. The number of nitrogens with two attached hydrogens (primary N) is 1. The van der Waals surface area contributed by atoms with Gasteiger partial charge in [-0.3, -0.25) is 9.59 Å². The predicted molar refractivity (Wildman–Crippen MR) is 57.7 cm³/mol. The molecule has 1 amide bonds. The van der Waals surface area contributed by atoms with Gasteiger partial charge in [-0.15, -0.1) is 0 Å². The minimum Gasteiger partial charge on any atom is -0.481 e. The van der Waals surface area contributed by atoms with Gasteiger partial charge in [-0.25, -0.2) is 0 Å². The molecule has 1 aromatic rings. The molecule has 0 radical (unpaired) electrons. The molecule has 0 fully saturated rings. The average molecular weight is 219 g/mol. The van der Waals surface area contributed by atoms with Gasteiger partial charge in [0.1, 0.15) is 0 Å². The fraction of sp³-hybridized carbons (Fsp3) is 0.333. The zero-order valence-electron chi connectivity index (χ0n) is 8.77. The second kappa shape index (κ2) is 3.63. The number of hydrogen-bond acceptors (Lipinski definition) is 2. The molecule has 1 aliphatic rings. The Labute approximate surface area is 93.1 Å². The normalized spacial score (nSPS) is 16.8. The van der Waals surface area contributed by atoms with Crippen molar-refractivity contribution in [2.24, 2.45) is 11.1 Å². The van der Waals surface area contributed by atoms with Crippen LogP contribution in [0, 0.1) is 5.41 Å². The molecule has 0 aromatic heterocycles. The van der Waals surface area contributed by atoms with Crippen LogP contribution in [0.25, 0.3) is 0 Å². The quantitative estimate of drug-likeness (QED) is 0.786. The summed E-state index contributed by atoms with van der Waals surface area (Å²) in [6, 6.07) is 7.61. The first kappa shape index (κ1) is 10.7. The second-order valence-electron chi connectivity index (χ2n) is 4.34. The molecular formula is C12H13NO3. The number of amides is 1. The SMILES string of the molecule is NC(=O)C1(CC(=O)O)Cc2ccccc2C1. The van der Waals surface area contributed by atoms with Crippen LogP contribution < -0.4 is 5.73 Å². The molecule has 0 aliphatic heterocycles. The van der Waals surface area contributed by atoms with Crippen molar-refractivity contribution >= 4 is 11.9 Å². The Hall–Kier alpha value is -1.84. The topological polar surface area (TPSA) is 80.4 Å². The summed E-state index contributed by atoms with van der Waals surface area (Å²) in [6.07, 6.45) is 0.673. The summed E-state index contributed by atoms with van der Waals surface area (Å²) in [4.78, 5) is 22.3. The van der Waals surface area contributed by atoms with E-state index < -0.39 is 17.3 Å². The van der Waals surface area contributed by atoms with Gasteiger partial charge in [0, 0.05) is 0 Å². The Kier molecular flexibility index (Phi) is 2.42. The lowest BCUT2D eigenvalue weighted by molar-refractivity contribution is -0.144. The smallest absolute Gasteiger partial charge is 0.304 e. The van der Waals surface area contributed by atoms with Crippen molar-refractivity contribution in [2.45, 2.75) is 19.3 Å². The van der Waals surface area contributed by atoms with E-state index in [9.17, 15) is 9.59 Å². The maximum Gasteiger partial charge on any atom is 0.304 e. The lowest BCUT2D eigenvalue weighted by Gasteiger charge is -2.22. The molecule has 4 nitrogen and oxygen atoms in total. The standard InChI is InChI=1S/C12H13NO3/c13-11(16)12(7-10(14)15)5-8-3-1-2-4-9(8)6-12/h1-4H,5-7H2,(H2,13,16)(H,14,15). The third kappa shape index (κ3) is 1.66. The van der Waals surface area contributed by atoms with Crippen molar-refractivity contribution in [1.82, 2.24) is 0 Å². The number of benzene rings is 1. The molecule has 0 heterocycles. The molecule has 1 aliphatic carbocycles. The van der Waals surface area contributed by atoms with Gasteiger partial charge in [0.25, 0.3) is 0 Å². The molecule has 0 bridgehead atoms. The van der Waals surface area contributed by atoms with Crippen molar-refractivity contribution in [3.05, 3.63) is 35.4 Å². The van der Waals surface area contributed by atoms with Crippen molar-refractivity contribution in [1.29, 1.82) is 0 Å². The molecule has 1 aromatic carbocycles. The van der Waals surface area contributed by atoms with E-state index in [4.69, 9.17) is 10.8 Å². The molecule has 2 rings (SSSR count). The molecule has 4 heteroatoms. The number of carboxylic acid groups (broad SMARTS) is 1. The minimum atomic E-state index is -0.980. The third-order valence-electron chi connectivity index (χ3n) is 3.19. The van der Waals surface area contributed by atoms with Crippen LogP contribution in [0.2, 0.25) is 0 Å². The lowest BCUT2D eigenvalue weighted by Crippen LogP contribution is -2.39. The van der Waals surface area contributed by atoms with Gasteiger partial charge < -0.3 is 10.8 Å². The molecule has 84 valence electrons. The zero-order valence-corrected chi connectivity index (χ0v) is 8.77. The average Bonchev–Trinajstić information content (AvgIpc) is 2.55. The number of carboxylic acids is 1. The third-order valence-corrected chi connectivity index (χ3v) is 3.19. The maximum absolute atomic E-state index is 11.5. The van der Waals surface area contributed by atoms with E-state index in [-0.39, 0.29) is 6.42 Å². The summed E-state index contributed by atoms with van der Waals surface area (Å²) in [6.45, 7) is 0. The Morgan fingerprint density at radius 2 is 1.75 bits per heavy atom. The summed E-state index contributed by atoms with van der Waals surface area (Å²) in [7, 11) is 0. The van der Waals surface area contributed by atoms with Gasteiger partial charge in [0.15, 0.2) is 0 Å². The summed E-state index contributed by atoms with van der Waals surface area (Å²) in [5.74, 6) is -1.50. The maximum atomic E-state index is 11.5. The summed E-state index contributed by atoms with van der Waals surface area (Å²) in [5, 5.41) is 8.86. The Morgan fingerprint density at radius 1 is 1.25 bits per heavy atom. The van der Waals surface area contributed by atoms with Crippen molar-refractivity contribution in [3.8, 4) is 0 Å². The number of hydrogen-bond donors (Lipinski definition) is 2. The Balaban J connectivity index is 2.34. The minimum absolute atomic E-state index is 0.197. The van der Waals surface area contributed by atoms with E-state index in [2.05, 4.69) is 0 Å². The van der Waals surface area contributed by atoms with Crippen molar-refractivity contribution < 1.29 is 14.7 Å². The van der Waals surface area contributed by atoms with Crippen LogP contribution in [0.3, 0.4) is 0 Å². The molecule has 3 N–H and O–H groups in total. The highest BCUT2D eigenvalue weighted by atomic mass is 16.4. The van der Waals surface area contributed by atoms with E-state index in [0.717, 1.165) is 11.1 Å². The first-order chi connectivity index (χ1) is 7.53. The second-order valence-corrected chi connectivity index (χ2v) is 4.34. The van der Waals surface area contributed by atoms with Gasteiger partial charge in [-0.05, 0) is 24.0 Å². The largest absolute Gasteiger partial charge is 0.481 e. The highest BCUT2D eigenvalue weighted by Gasteiger charge is 2.43. The van der Waals surface area contributed by atoms with Gasteiger partial charge in [-0.1, -0.05) is 24.3 Å². The van der Waals surface area contributed by atoms with Crippen LogP contribution in [0.5, 0.6) is 0 Å². The molecular weight excluding hydrogens is 206 g/mol. The van der Waals surface area contributed by atoms with Crippen LogP contribution in [-0.2, 0) is 22.4 Å². The Bertz CT molecular complexity index is 428. The highest BCUT2D eigenvalue weighted by Crippen LogP contribution is 2.39. The lowest BCUT2D eigenvalue weighted by atomic mass is 9.80. The number of primary amides is 1. The monoisotopic (exact) mass is 219 g/mol. The van der Waals surface area contributed by atoms with Crippen molar-refractivity contribution in [3.63, 3.8) is 0 Å². The number of carbonyl (C=O) groups excluding carboxylic acids is 1. The van der Waals surface area contributed by atoms with E-state index >= 15 is 0 Å². The number of rotatable bonds is 3. The van der Waals surface area contributed by atoms with E-state index in [1.165, 1.54) is 0 Å². The van der Waals surface area contributed by atoms with E-state index in [1.54, 1.807) is 0 Å². The van der Waals surface area contributed by atoms with Gasteiger partial charge >= 0.3 is 5.97 Å². The molecule has 0 unspecified atom stereocenters. The van der Waals surface area contributed by atoms with Gasteiger partial charge in [0.2, 0.25) is 5.91 Å².